The number of hydrogen-bond donors (Lipinski definition) is 0. The zero-order valence-electron chi connectivity index (χ0n) is 18.5. The summed E-state index contributed by atoms with van der Waals surface area (Å²) in [6.07, 6.45) is 6.26. The molecule has 0 bridgehead atoms. The third kappa shape index (κ3) is 5.67. The fourth-order valence-electron chi connectivity index (χ4n) is 3.43. The van der Waals surface area contributed by atoms with Gasteiger partial charge in [-0.25, -0.2) is 14.8 Å². The van der Waals surface area contributed by atoms with Crippen LogP contribution in [-0.2, 0) is 16.1 Å². The SMILES string of the molecule is CC(C)(C)OC(=O)N1CCC(OCc2noc(-c3cccc(-c4cncnc4)c3)n2)CC1. The molecule has 0 N–H and O–H groups in total. The molecule has 3 heterocycles. The maximum atomic E-state index is 12.2. The van der Waals surface area contributed by atoms with Gasteiger partial charge in [0, 0.05) is 36.6 Å². The van der Waals surface area contributed by atoms with Crippen molar-refractivity contribution in [2.24, 2.45) is 0 Å². The van der Waals surface area contributed by atoms with Crippen molar-refractivity contribution in [1.29, 1.82) is 0 Å². The minimum atomic E-state index is -0.491. The quantitative estimate of drug-likeness (QED) is 0.587. The number of carbonyl (C=O) groups excluding carboxylic acids is 1. The summed E-state index contributed by atoms with van der Waals surface area (Å²) in [5, 5.41) is 4.04. The van der Waals surface area contributed by atoms with Crippen molar-refractivity contribution in [1.82, 2.24) is 25.0 Å². The molecule has 0 spiro atoms. The second kappa shape index (κ2) is 9.44. The van der Waals surface area contributed by atoms with E-state index in [-0.39, 0.29) is 18.8 Å². The highest BCUT2D eigenvalue weighted by atomic mass is 16.6. The van der Waals surface area contributed by atoms with Crippen LogP contribution in [0.3, 0.4) is 0 Å². The molecule has 1 aliphatic heterocycles. The van der Waals surface area contributed by atoms with Crippen molar-refractivity contribution in [3.05, 3.63) is 48.8 Å². The predicted octanol–water partition coefficient (Wildman–Crippen LogP) is 4.11. The van der Waals surface area contributed by atoms with E-state index in [0.717, 1.165) is 29.5 Å². The number of likely N-dealkylation sites (tertiary alicyclic amines) is 1. The lowest BCUT2D eigenvalue weighted by Crippen LogP contribution is -2.43. The Balaban J connectivity index is 1.30. The zero-order chi connectivity index (χ0) is 22.6. The summed E-state index contributed by atoms with van der Waals surface area (Å²) in [5.41, 5.74) is 2.21. The van der Waals surface area contributed by atoms with E-state index in [1.54, 1.807) is 17.3 Å². The minimum Gasteiger partial charge on any atom is -0.444 e. The number of ether oxygens (including phenoxy) is 2. The molecule has 9 nitrogen and oxygen atoms in total. The number of nitrogens with zero attached hydrogens (tertiary/aromatic N) is 5. The summed E-state index contributed by atoms with van der Waals surface area (Å²) < 4.78 is 16.8. The van der Waals surface area contributed by atoms with Gasteiger partial charge in [0.1, 0.15) is 18.5 Å². The second-order valence-electron chi connectivity index (χ2n) is 8.70. The van der Waals surface area contributed by atoms with Crippen LogP contribution in [0.25, 0.3) is 22.6 Å². The van der Waals surface area contributed by atoms with Gasteiger partial charge in [-0.05, 0) is 51.3 Å². The molecular formula is C23H27N5O4. The fourth-order valence-corrected chi connectivity index (χ4v) is 3.43. The van der Waals surface area contributed by atoms with Crippen LogP contribution in [0.4, 0.5) is 4.79 Å². The third-order valence-electron chi connectivity index (χ3n) is 5.01. The van der Waals surface area contributed by atoms with Crippen LogP contribution in [0.2, 0.25) is 0 Å². The Bertz CT molecular complexity index is 1040. The number of benzene rings is 1. The number of aromatic nitrogens is 4. The van der Waals surface area contributed by atoms with E-state index in [1.165, 1.54) is 6.33 Å². The second-order valence-corrected chi connectivity index (χ2v) is 8.70. The normalized spacial score (nSPS) is 15.0. The van der Waals surface area contributed by atoms with E-state index < -0.39 is 5.60 Å². The third-order valence-corrected chi connectivity index (χ3v) is 5.01. The standard InChI is InChI=1S/C23H27N5O4/c1-23(2,3)31-22(29)28-9-7-19(8-10-28)30-14-20-26-21(32-27-20)17-6-4-5-16(11-17)18-12-24-15-25-13-18/h4-6,11-13,15,19H,7-10,14H2,1-3H3. The fraction of sp³-hybridized carbons (Fsp3) is 0.435. The Morgan fingerprint density at radius 3 is 2.56 bits per heavy atom. The summed E-state index contributed by atoms with van der Waals surface area (Å²) in [6.45, 7) is 7.07. The zero-order valence-corrected chi connectivity index (χ0v) is 18.5. The van der Waals surface area contributed by atoms with E-state index >= 15 is 0 Å². The lowest BCUT2D eigenvalue weighted by Gasteiger charge is -2.33. The van der Waals surface area contributed by atoms with Crippen molar-refractivity contribution in [2.75, 3.05) is 13.1 Å². The highest BCUT2D eigenvalue weighted by molar-refractivity contribution is 5.69. The summed E-state index contributed by atoms with van der Waals surface area (Å²) in [4.78, 5) is 26.5. The first-order valence-electron chi connectivity index (χ1n) is 10.7. The minimum absolute atomic E-state index is 0.0389. The van der Waals surface area contributed by atoms with Crippen LogP contribution in [0.1, 0.15) is 39.4 Å². The average Bonchev–Trinajstić information content (AvgIpc) is 3.27. The molecule has 3 aromatic rings. The monoisotopic (exact) mass is 437 g/mol. The smallest absolute Gasteiger partial charge is 0.410 e. The van der Waals surface area contributed by atoms with E-state index in [4.69, 9.17) is 14.0 Å². The molecule has 4 rings (SSSR count). The van der Waals surface area contributed by atoms with E-state index in [1.807, 2.05) is 45.0 Å². The van der Waals surface area contributed by atoms with Crippen molar-refractivity contribution < 1.29 is 18.8 Å². The van der Waals surface area contributed by atoms with Gasteiger partial charge in [-0.15, -0.1) is 0 Å². The predicted molar refractivity (Wildman–Crippen MR) is 116 cm³/mol. The van der Waals surface area contributed by atoms with E-state index in [9.17, 15) is 4.79 Å². The summed E-state index contributed by atoms with van der Waals surface area (Å²) >= 11 is 0. The van der Waals surface area contributed by atoms with Gasteiger partial charge < -0.3 is 18.9 Å². The molecular weight excluding hydrogens is 410 g/mol. The summed E-state index contributed by atoms with van der Waals surface area (Å²) in [5.74, 6) is 0.921. The van der Waals surface area contributed by atoms with E-state index in [0.29, 0.717) is 24.8 Å². The Morgan fingerprint density at radius 1 is 1.12 bits per heavy atom. The first kappa shape index (κ1) is 21.9. The van der Waals surface area contributed by atoms with Gasteiger partial charge in [-0.1, -0.05) is 17.3 Å². The summed E-state index contributed by atoms with van der Waals surface area (Å²) in [7, 11) is 0. The first-order chi connectivity index (χ1) is 15.4. The van der Waals surface area contributed by atoms with Crippen LogP contribution in [-0.4, -0.2) is 55.9 Å². The largest absolute Gasteiger partial charge is 0.444 e. The molecule has 0 radical (unpaired) electrons. The van der Waals surface area contributed by atoms with Gasteiger partial charge in [-0.3, -0.25) is 0 Å². The Hall–Kier alpha value is -3.33. The molecule has 32 heavy (non-hydrogen) atoms. The Labute approximate surface area is 186 Å². The lowest BCUT2D eigenvalue weighted by molar-refractivity contribution is -0.0190. The van der Waals surface area contributed by atoms with Gasteiger partial charge in [0.2, 0.25) is 0 Å². The molecule has 9 heteroatoms. The Kier molecular flexibility index (Phi) is 6.45. The molecule has 0 atom stereocenters. The van der Waals surface area contributed by atoms with Crippen molar-refractivity contribution in [2.45, 2.75) is 51.9 Å². The van der Waals surface area contributed by atoms with E-state index in [2.05, 4.69) is 20.1 Å². The lowest BCUT2D eigenvalue weighted by atomic mass is 10.1. The molecule has 168 valence electrons. The van der Waals surface area contributed by atoms with Crippen molar-refractivity contribution >= 4 is 6.09 Å². The molecule has 1 aliphatic rings. The van der Waals surface area contributed by atoms with Gasteiger partial charge in [-0.2, -0.15) is 4.98 Å². The molecule has 1 amide bonds. The maximum Gasteiger partial charge on any atom is 0.410 e. The topological polar surface area (TPSA) is 103 Å². The number of piperidine rings is 1. The maximum absolute atomic E-state index is 12.2. The van der Waals surface area contributed by atoms with Gasteiger partial charge in [0.05, 0.1) is 6.10 Å². The molecule has 0 saturated carbocycles. The number of hydrogen-bond acceptors (Lipinski definition) is 8. The molecule has 1 fully saturated rings. The van der Waals surface area contributed by atoms with Crippen LogP contribution in [0.5, 0.6) is 0 Å². The van der Waals surface area contributed by atoms with Crippen LogP contribution < -0.4 is 0 Å². The Morgan fingerprint density at radius 2 is 1.84 bits per heavy atom. The molecule has 0 unspecified atom stereocenters. The van der Waals surface area contributed by atoms with Crippen LogP contribution >= 0.6 is 0 Å². The number of amides is 1. The van der Waals surface area contributed by atoms with Gasteiger partial charge >= 0.3 is 6.09 Å². The summed E-state index contributed by atoms with van der Waals surface area (Å²) in [6, 6.07) is 7.78. The van der Waals surface area contributed by atoms with Gasteiger partial charge in [0.25, 0.3) is 5.89 Å². The van der Waals surface area contributed by atoms with Crippen LogP contribution in [0.15, 0.2) is 47.5 Å². The van der Waals surface area contributed by atoms with Crippen molar-refractivity contribution in [3.63, 3.8) is 0 Å². The van der Waals surface area contributed by atoms with Crippen molar-refractivity contribution in [3.8, 4) is 22.6 Å². The van der Waals surface area contributed by atoms with Crippen LogP contribution in [0, 0.1) is 0 Å². The first-order valence-corrected chi connectivity index (χ1v) is 10.7. The molecule has 0 aliphatic carbocycles. The molecule has 1 aromatic carbocycles. The number of carbonyl (C=O) groups is 1. The molecule has 1 saturated heterocycles. The average molecular weight is 438 g/mol. The van der Waals surface area contributed by atoms with Gasteiger partial charge in [0.15, 0.2) is 5.82 Å². The molecule has 2 aromatic heterocycles. The number of rotatable bonds is 5. The highest BCUT2D eigenvalue weighted by Crippen LogP contribution is 2.25. The highest BCUT2D eigenvalue weighted by Gasteiger charge is 2.27.